The first-order valence-electron chi connectivity index (χ1n) is 6.57. The Kier molecular flexibility index (Phi) is 3.79. The lowest BCUT2D eigenvalue weighted by atomic mass is 9.95. The summed E-state index contributed by atoms with van der Waals surface area (Å²) < 4.78 is 36.8. The van der Waals surface area contributed by atoms with Crippen molar-refractivity contribution in [1.82, 2.24) is 9.80 Å². The summed E-state index contributed by atoms with van der Waals surface area (Å²) in [4.78, 5) is 15.2. The zero-order chi connectivity index (χ0) is 14.3. The molecule has 7 heteroatoms. The summed E-state index contributed by atoms with van der Waals surface area (Å²) in [6, 6.07) is 0. The van der Waals surface area contributed by atoms with E-state index in [1.807, 2.05) is 0 Å². The molecule has 0 bridgehead atoms. The van der Waals surface area contributed by atoms with Crippen LogP contribution in [0.2, 0.25) is 0 Å². The molecular weight excluding hydrogens is 259 g/mol. The molecule has 1 heterocycles. The number of piperazine rings is 1. The Morgan fingerprint density at radius 1 is 1.21 bits per heavy atom. The van der Waals surface area contributed by atoms with E-state index in [0.29, 0.717) is 13.1 Å². The minimum absolute atomic E-state index is 0.123. The molecule has 2 rings (SSSR count). The Bertz CT molecular complexity index is 345. The Hall–Kier alpha value is -0.820. The first-order valence-corrected chi connectivity index (χ1v) is 6.57. The third-order valence-corrected chi connectivity index (χ3v) is 3.95. The maximum Gasteiger partial charge on any atom is 0.401 e. The number of halogens is 3. The largest absolute Gasteiger partial charge is 0.401 e. The summed E-state index contributed by atoms with van der Waals surface area (Å²) >= 11 is 0. The molecule has 1 aliphatic heterocycles. The SMILES string of the molecule is CC(N)(C(=O)N1CCN(CC(F)(F)F)CC1)C1CC1. The second-order valence-corrected chi connectivity index (χ2v) is 5.74. The zero-order valence-corrected chi connectivity index (χ0v) is 11.0. The lowest BCUT2D eigenvalue weighted by molar-refractivity contribution is -0.153. The monoisotopic (exact) mass is 279 g/mol. The van der Waals surface area contributed by atoms with Crippen molar-refractivity contribution < 1.29 is 18.0 Å². The highest BCUT2D eigenvalue weighted by Gasteiger charge is 2.46. The van der Waals surface area contributed by atoms with Crippen LogP contribution in [0, 0.1) is 5.92 Å². The maximum atomic E-state index is 12.3. The van der Waals surface area contributed by atoms with Gasteiger partial charge in [-0.15, -0.1) is 0 Å². The highest BCUT2D eigenvalue weighted by Crippen LogP contribution is 2.39. The van der Waals surface area contributed by atoms with Crippen molar-refractivity contribution in [3.63, 3.8) is 0 Å². The van der Waals surface area contributed by atoms with E-state index in [1.165, 1.54) is 4.90 Å². The van der Waals surface area contributed by atoms with Crippen molar-refractivity contribution in [3.8, 4) is 0 Å². The van der Waals surface area contributed by atoms with Gasteiger partial charge in [-0.1, -0.05) is 0 Å². The Morgan fingerprint density at radius 3 is 2.16 bits per heavy atom. The van der Waals surface area contributed by atoms with Gasteiger partial charge in [0.2, 0.25) is 5.91 Å². The van der Waals surface area contributed by atoms with Gasteiger partial charge in [0.15, 0.2) is 0 Å². The van der Waals surface area contributed by atoms with Crippen LogP contribution in [-0.2, 0) is 4.79 Å². The number of hydrogen-bond donors (Lipinski definition) is 1. The summed E-state index contributed by atoms with van der Waals surface area (Å²) in [6.07, 6.45) is -2.25. The Balaban J connectivity index is 1.84. The molecule has 1 unspecified atom stereocenters. The highest BCUT2D eigenvalue weighted by molar-refractivity contribution is 5.86. The second-order valence-electron chi connectivity index (χ2n) is 5.74. The van der Waals surface area contributed by atoms with Gasteiger partial charge in [0.05, 0.1) is 12.1 Å². The number of rotatable bonds is 3. The predicted octanol–water partition coefficient (Wildman–Crippen LogP) is 0.820. The summed E-state index contributed by atoms with van der Waals surface area (Å²) in [7, 11) is 0. The van der Waals surface area contributed by atoms with E-state index >= 15 is 0 Å². The quantitative estimate of drug-likeness (QED) is 0.832. The van der Waals surface area contributed by atoms with Gasteiger partial charge in [0.25, 0.3) is 0 Å². The van der Waals surface area contributed by atoms with Crippen LogP contribution in [0.1, 0.15) is 19.8 Å². The van der Waals surface area contributed by atoms with Gasteiger partial charge in [-0.2, -0.15) is 13.2 Å². The van der Waals surface area contributed by atoms with E-state index in [0.717, 1.165) is 12.8 Å². The topological polar surface area (TPSA) is 49.6 Å². The van der Waals surface area contributed by atoms with Gasteiger partial charge in [0, 0.05) is 26.2 Å². The molecule has 2 fully saturated rings. The van der Waals surface area contributed by atoms with Gasteiger partial charge < -0.3 is 10.6 Å². The number of carbonyl (C=O) groups is 1. The lowest BCUT2D eigenvalue weighted by Gasteiger charge is -2.38. The molecule has 1 saturated heterocycles. The Morgan fingerprint density at radius 2 is 1.74 bits per heavy atom. The predicted molar refractivity (Wildman–Crippen MR) is 64.4 cm³/mol. The number of nitrogens with two attached hydrogens (primary N) is 1. The van der Waals surface area contributed by atoms with Crippen molar-refractivity contribution in [2.75, 3.05) is 32.7 Å². The molecule has 110 valence electrons. The first kappa shape index (κ1) is 14.6. The molecule has 0 aromatic rings. The minimum Gasteiger partial charge on any atom is -0.339 e. The average Bonchev–Trinajstić information content (AvgIpc) is 3.11. The normalized spacial score (nSPS) is 25.2. The van der Waals surface area contributed by atoms with E-state index < -0.39 is 18.3 Å². The van der Waals surface area contributed by atoms with Gasteiger partial charge >= 0.3 is 6.18 Å². The van der Waals surface area contributed by atoms with Crippen molar-refractivity contribution >= 4 is 5.91 Å². The highest BCUT2D eigenvalue weighted by atomic mass is 19.4. The summed E-state index contributed by atoms with van der Waals surface area (Å²) in [6.45, 7) is 1.99. The van der Waals surface area contributed by atoms with Crippen molar-refractivity contribution in [1.29, 1.82) is 0 Å². The summed E-state index contributed by atoms with van der Waals surface area (Å²) in [5.74, 6) is 0.106. The standard InChI is InChI=1S/C12H20F3N3O/c1-11(16,9-2-3-9)10(19)18-6-4-17(5-7-18)8-12(13,14)15/h9H,2-8,16H2,1H3. The molecule has 0 aromatic carbocycles. The zero-order valence-electron chi connectivity index (χ0n) is 11.0. The van der Waals surface area contributed by atoms with Crippen LogP contribution in [0.4, 0.5) is 13.2 Å². The van der Waals surface area contributed by atoms with Crippen LogP contribution in [0.25, 0.3) is 0 Å². The number of nitrogens with zero attached hydrogens (tertiary/aromatic N) is 2. The van der Waals surface area contributed by atoms with Crippen LogP contribution in [0.15, 0.2) is 0 Å². The van der Waals surface area contributed by atoms with Crippen LogP contribution in [0.3, 0.4) is 0 Å². The van der Waals surface area contributed by atoms with Gasteiger partial charge in [0.1, 0.15) is 0 Å². The maximum absolute atomic E-state index is 12.3. The van der Waals surface area contributed by atoms with Crippen molar-refractivity contribution in [3.05, 3.63) is 0 Å². The molecule has 0 radical (unpaired) electrons. The number of alkyl halides is 3. The van der Waals surface area contributed by atoms with Crippen molar-refractivity contribution in [2.24, 2.45) is 11.7 Å². The molecular formula is C12H20F3N3O. The third kappa shape index (κ3) is 3.60. The fourth-order valence-electron chi connectivity index (χ4n) is 2.56. The summed E-state index contributed by atoms with van der Waals surface area (Å²) in [5, 5.41) is 0. The molecule has 2 N–H and O–H groups in total. The fraction of sp³-hybridized carbons (Fsp3) is 0.917. The van der Waals surface area contributed by atoms with Crippen LogP contribution < -0.4 is 5.73 Å². The van der Waals surface area contributed by atoms with Crippen LogP contribution in [0.5, 0.6) is 0 Å². The Labute approximate surface area is 110 Å². The molecule has 0 aromatic heterocycles. The molecule has 0 spiro atoms. The molecule has 1 amide bonds. The molecule has 4 nitrogen and oxygen atoms in total. The molecule has 2 aliphatic rings. The number of hydrogen-bond acceptors (Lipinski definition) is 3. The van der Waals surface area contributed by atoms with E-state index in [-0.39, 0.29) is 24.9 Å². The number of amides is 1. The van der Waals surface area contributed by atoms with E-state index in [1.54, 1.807) is 11.8 Å². The molecule has 1 aliphatic carbocycles. The third-order valence-electron chi connectivity index (χ3n) is 3.95. The van der Waals surface area contributed by atoms with Gasteiger partial charge in [-0.25, -0.2) is 0 Å². The smallest absolute Gasteiger partial charge is 0.339 e. The summed E-state index contributed by atoms with van der Waals surface area (Å²) in [5.41, 5.74) is 5.19. The van der Waals surface area contributed by atoms with Crippen LogP contribution >= 0.6 is 0 Å². The average molecular weight is 279 g/mol. The second kappa shape index (κ2) is 4.94. The van der Waals surface area contributed by atoms with E-state index in [9.17, 15) is 18.0 Å². The minimum atomic E-state index is -4.18. The first-order chi connectivity index (χ1) is 8.70. The lowest BCUT2D eigenvalue weighted by Crippen LogP contribution is -2.59. The van der Waals surface area contributed by atoms with E-state index in [4.69, 9.17) is 5.73 Å². The number of carbonyl (C=O) groups excluding carboxylic acids is 1. The van der Waals surface area contributed by atoms with Gasteiger partial charge in [-0.3, -0.25) is 9.69 Å². The van der Waals surface area contributed by atoms with Crippen molar-refractivity contribution in [2.45, 2.75) is 31.5 Å². The van der Waals surface area contributed by atoms with E-state index in [2.05, 4.69) is 0 Å². The fourth-order valence-corrected chi connectivity index (χ4v) is 2.56. The van der Waals surface area contributed by atoms with Gasteiger partial charge in [-0.05, 0) is 25.7 Å². The molecule has 19 heavy (non-hydrogen) atoms. The van der Waals surface area contributed by atoms with Crippen LogP contribution in [-0.4, -0.2) is 60.1 Å². The molecule has 1 atom stereocenters. The molecule has 1 saturated carbocycles.